The summed E-state index contributed by atoms with van der Waals surface area (Å²) in [5.74, 6) is 0.406. The minimum absolute atomic E-state index is 0.217. The molecule has 0 aliphatic heterocycles. The average Bonchev–Trinajstić information content (AvgIpc) is 2.83. The second kappa shape index (κ2) is 9.06. The third-order valence-electron chi connectivity index (χ3n) is 5.51. The summed E-state index contributed by atoms with van der Waals surface area (Å²) in [6.07, 6.45) is 0.456. The van der Waals surface area contributed by atoms with E-state index in [9.17, 15) is 13.2 Å². The number of sulfonamides is 1. The van der Waals surface area contributed by atoms with Crippen LogP contribution >= 0.6 is 0 Å². The first-order chi connectivity index (χ1) is 15.5. The second-order valence-electron chi connectivity index (χ2n) is 7.41. The molecular weight excluding hydrogens is 422 g/mol. The van der Waals surface area contributed by atoms with Crippen molar-refractivity contribution in [3.05, 3.63) is 101 Å². The van der Waals surface area contributed by atoms with Gasteiger partial charge in [-0.25, -0.2) is 13.4 Å². The molecule has 1 heterocycles. The Balaban J connectivity index is 1.99. The van der Waals surface area contributed by atoms with Crippen molar-refractivity contribution in [1.29, 1.82) is 0 Å². The van der Waals surface area contributed by atoms with E-state index in [1.54, 1.807) is 60.0 Å². The molecule has 0 aliphatic rings. The van der Waals surface area contributed by atoms with Crippen LogP contribution in [-0.2, 0) is 10.0 Å². The molecule has 0 saturated heterocycles. The highest BCUT2D eigenvalue weighted by Crippen LogP contribution is 2.30. The van der Waals surface area contributed by atoms with Crippen molar-refractivity contribution < 1.29 is 8.42 Å². The molecule has 0 aliphatic carbocycles. The first-order valence-corrected chi connectivity index (χ1v) is 12.1. The van der Waals surface area contributed by atoms with Crippen molar-refractivity contribution in [2.45, 2.75) is 31.2 Å². The quantitative estimate of drug-likeness (QED) is 0.417. The van der Waals surface area contributed by atoms with Gasteiger partial charge in [0, 0.05) is 6.54 Å². The summed E-state index contributed by atoms with van der Waals surface area (Å²) in [5.41, 5.74) is 0.979. The standard InChI is InChI=1S/C25H25N3O3S/c1-3-23(27(4-2)32(30,31)20-15-9-6-10-16-20)24-26-22-18-12-11-17-21(22)25(29)28(24)19-13-7-5-8-14-19/h5-18,23H,3-4H2,1-2H3. The lowest BCUT2D eigenvalue weighted by Crippen LogP contribution is -2.38. The number of hydrogen-bond acceptors (Lipinski definition) is 4. The fraction of sp³-hybridized carbons (Fsp3) is 0.200. The van der Waals surface area contributed by atoms with Gasteiger partial charge in [0.1, 0.15) is 5.82 Å². The third kappa shape index (κ3) is 3.85. The molecule has 6 nitrogen and oxygen atoms in total. The van der Waals surface area contributed by atoms with Crippen molar-refractivity contribution >= 4 is 20.9 Å². The SMILES string of the molecule is CCC(c1nc2ccccc2c(=O)n1-c1ccccc1)N(CC)S(=O)(=O)c1ccccc1. The Hall–Kier alpha value is -3.29. The highest BCUT2D eigenvalue weighted by Gasteiger charge is 2.33. The first kappa shape index (κ1) is 21.9. The summed E-state index contributed by atoms with van der Waals surface area (Å²) >= 11 is 0. The predicted octanol–water partition coefficient (Wildman–Crippen LogP) is 4.55. The van der Waals surface area contributed by atoms with Crippen LogP contribution in [0.15, 0.2) is 94.6 Å². The molecule has 32 heavy (non-hydrogen) atoms. The van der Waals surface area contributed by atoms with Crippen LogP contribution in [0.5, 0.6) is 0 Å². The lowest BCUT2D eigenvalue weighted by atomic mass is 10.1. The number of hydrogen-bond donors (Lipinski definition) is 0. The van der Waals surface area contributed by atoms with Crippen LogP contribution in [0.25, 0.3) is 16.6 Å². The van der Waals surface area contributed by atoms with Gasteiger partial charge in [-0.05, 0) is 42.8 Å². The Bertz CT molecular complexity index is 1380. The molecule has 0 amide bonds. The molecule has 0 bridgehead atoms. The Labute approximate surface area is 187 Å². The van der Waals surface area contributed by atoms with E-state index in [1.807, 2.05) is 43.3 Å². The van der Waals surface area contributed by atoms with Gasteiger partial charge in [-0.1, -0.05) is 62.4 Å². The van der Waals surface area contributed by atoms with E-state index >= 15 is 0 Å². The molecule has 1 unspecified atom stereocenters. The molecule has 4 aromatic rings. The largest absolute Gasteiger partial charge is 0.268 e. The number of benzene rings is 3. The van der Waals surface area contributed by atoms with E-state index in [0.717, 1.165) is 0 Å². The van der Waals surface area contributed by atoms with E-state index in [-0.39, 0.29) is 17.0 Å². The number of para-hydroxylation sites is 2. The summed E-state index contributed by atoms with van der Waals surface area (Å²) in [5, 5.41) is 0.490. The molecule has 164 valence electrons. The van der Waals surface area contributed by atoms with Crippen molar-refractivity contribution in [3.63, 3.8) is 0 Å². The van der Waals surface area contributed by atoms with Crippen LogP contribution < -0.4 is 5.56 Å². The maximum atomic E-state index is 13.6. The monoisotopic (exact) mass is 447 g/mol. The maximum absolute atomic E-state index is 13.6. The molecule has 4 rings (SSSR count). The molecule has 7 heteroatoms. The van der Waals surface area contributed by atoms with Crippen molar-refractivity contribution in [2.75, 3.05) is 6.54 Å². The summed E-state index contributed by atoms with van der Waals surface area (Å²) in [7, 11) is -3.80. The van der Waals surface area contributed by atoms with E-state index in [4.69, 9.17) is 4.98 Å². The molecule has 0 saturated carbocycles. The molecule has 0 spiro atoms. The van der Waals surface area contributed by atoms with E-state index < -0.39 is 16.1 Å². The fourth-order valence-electron chi connectivity index (χ4n) is 4.00. The van der Waals surface area contributed by atoms with E-state index in [0.29, 0.717) is 28.8 Å². The Morgan fingerprint density at radius 2 is 1.47 bits per heavy atom. The summed E-state index contributed by atoms with van der Waals surface area (Å²) in [6, 6.07) is 24.1. The van der Waals surface area contributed by atoms with Crippen LogP contribution in [0, 0.1) is 0 Å². The summed E-state index contributed by atoms with van der Waals surface area (Å²) in [6.45, 7) is 3.95. The third-order valence-corrected chi connectivity index (χ3v) is 7.51. The fourth-order valence-corrected chi connectivity index (χ4v) is 5.69. The van der Waals surface area contributed by atoms with Crippen LogP contribution in [0.2, 0.25) is 0 Å². The number of nitrogens with zero attached hydrogens (tertiary/aromatic N) is 3. The topological polar surface area (TPSA) is 72.3 Å². The number of fused-ring (bicyclic) bond motifs is 1. The van der Waals surface area contributed by atoms with Crippen molar-refractivity contribution in [3.8, 4) is 5.69 Å². The normalized spacial score (nSPS) is 12.8. The smallest absolute Gasteiger partial charge is 0.266 e. The molecule has 0 fully saturated rings. The van der Waals surface area contributed by atoms with Crippen molar-refractivity contribution in [1.82, 2.24) is 13.9 Å². The zero-order valence-corrected chi connectivity index (χ0v) is 18.9. The molecule has 1 aromatic heterocycles. The second-order valence-corrected chi connectivity index (χ2v) is 9.30. The number of rotatable bonds is 7. The van der Waals surface area contributed by atoms with E-state index in [1.165, 1.54) is 4.31 Å². The first-order valence-electron chi connectivity index (χ1n) is 10.6. The van der Waals surface area contributed by atoms with Gasteiger partial charge in [0.25, 0.3) is 5.56 Å². The van der Waals surface area contributed by atoms with Crippen LogP contribution in [-0.4, -0.2) is 28.8 Å². The average molecular weight is 448 g/mol. The van der Waals surface area contributed by atoms with Gasteiger partial charge in [-0.3, -0.25) is 9.36 Å². The molecular formula is C25H25N3O3S. The van der Waals surface area contributed by atoms with Gasteiger partial charge in [-0.2, -0.15) is 4.31 Å². The Kier molecular flexibility index (Phi) is 6.21. The van der Waals surface area contributed by atoms with Crippen LogP contribution in [0.4, 0.5) is 0 Å². The van der Waals surface area contributed by atoms with Gasteiger partial charge in [0.2, 0.25) is 10.0 Å². The molecule has 1 atom stereocenters. The molecule has 0 N–H and O–H groups in total. The Morgan fingerprint density at radius 1 is 0.875 bits per heavy atom. The summed E-state index contributed by atoms with van der Waals surface area (Å²) in [4.78, 5) is 18.6. The minimum Gasteiger partial charge on any atom is -0.268 e. The summed E-state index contributed by atoms with van der Waals surface area (Å²) < 4.78 is 30.1. The predicted molar refractivity (Wildman–Crippen MR) is 126 cm³/mol. The molecule has 0 radical (unpaired) electrons. The van der Waals surface area contributed by atoms with Gasteiger partial charge < -0.3 is 0 Å². The minimum atomic E-state index is -3.80. The van der Waals surface area contributed by atoms with Crippen molar-refractivity contribution in [2.24, 2.45) is 0 Å². The highest BCUT2D eigenvalue weighted by atomic mass is 32.2. The zero-order chi connectivity index (χ0) is 22.7. The Morgan fingerprint density at radius 3 is 2.09 bits per heavy atom. The highest BCUT2D eigenvalue weighted by molar-refractivity contribution is 7.89. The lowest BCUT2D eigenvalue weighted by molar-refractivity contribution is 0.313. The van der Waals surface area contributed by atoms with Gasteiger partial charge in [0.15, 0.2) is 0 Å². The van der Waals surface area contributed by atoms with Gasteiger partial charge in [-0.15, -0.1) is 0 Å². The zero-order valence-electron chi connectivity index (χ0n) is 18.0. The maximum Gasteiger partial charge on any atom is 0.266 e. The number of aromatic nitrogens is 2. The van der Waals surface area contributed by atoms with Crippen LogP contribution in [0.3, 0.4) is 0 Å². The lowest BCUT2D eigenvalue weighted by Gasteiger charge is -2.30. The molecule has 3 aromatic carbocycles. The van der Waals surface area contributed by atoms with E-state index in [2.05, 4.69) is 0 Å². The van der Waals surface area contributed by atoms with Gasteiger partial charge >= 0.3 is 0 Å². The van der Waals surface area contributed by atoms with Gasteiger partial charge in [0.05, 0.1) is 27.5 Å². The van der Waals surface area contributed by atoms with Crippen LogP contribution in [0.1, 0.15) is 32.1 Å².